The van der Waals surface area contributed by atoms with Gasteiger partial charge in [-0.25, -0.2) is 4.79 Å². The summed E-state index contributed by atoms with van der Waals surface area (Å²) in [7, 11) is 0. The zero-order valence-corrected chi connectivity index (χ0v) is 11.0. The van der Waals surface area contributed by atoms with E-state index in [1.165, 1.54) is 11.1 Å². The second kappa shape index (κ2) is 7.10. The van der Waals surface area contributed by atoms with Crippen LogP contribution in [0.25, 0.3) is 0 Å². The van der Waals surface area contributed by atoms with Gasteiger partial charge in [-0.2, -0.15) is 0 Å². The molecule has 0 amide bonds. The number of rotatable bonds is 3. The molecule has 1 atom stereocenters. The third kappa shape index (κ3) is 3.88. The minimum Gasteiger partial charge on any atom is -0.463 e. The molecule has 1 aliphatic carbocycles. The Morgan fingerprint density at radius 2 is 2.06 bits per heavy atom. The number of hydrogen-bond donors (Lipinski definition) is 0. The Bertz CT molecular complexity index is 348. The van der Waals surface area contributed by atoms with Crippen molar-refractivity contribution in [1.29, 1.82) is 0 Å². The van der Waals surface area contributed by atoms with Crippen LogP contribution in [-0.2, 0) is 9.53 Å². The zero-order chi connectivity index (χ0) is 12.7. The van der Waals surface area contributed by atoms with Crippen molar-refractivity contribution in [2.24, 2.45) is 5.92 Å². The minimum atomic E-state index is -0.214. The number of hydrogen-bond acceptors (Lipinski definition) is 2. The summed E-state index contributed by atoms with van der Waals surface area (Å²) in [4.78, 5) is 11.5. The Morgan fingerprint density at radius 3 is 2.65 bits per heavy atom. The molecule has 0 aromatic carbocycles. The molecule has 94 valence electrons. The van der Waals surface area contributed by atoms with E-state index >= 15 is 0 Å². The van der Waals surface area contributed by atoms with Crippen LogP contribution in [0.1, 0.15) is 40.0 Å². The molecule has 0 aromatic heterocycles. The summed E-state index contributed by atoms with van der Waals surface area (Å²) in [6.45, 7) is 6.36. The minimum absolute atomic E-state index is 0.214. The van der Waals surface area contributed by atoms with Gasteiger partial charge in [0.25, 0.3) is 0 Å². The largest absolute Gasteiger partial charge is 0.463 e. The normalized spacial score (nSPS) is 25.7. The first-order chi connectivity index (χ1) is 8.22. The van der Waals surface area contributed by atoms with E-state index in [9.17, 15) is 4.79 Å². The van der Waals surface area contributed by atoms with Crippen molar-refractivity contribution < 1.29 is 9.53 Å². The molecule has 0 bridgehead atoms. The van der Waals surface area contributed by atoms with Crippen molar-refractivity contribution in [3.8, 4) is 0 Å². The average Bonchev–Trinajstić information content (AvgIpc) is 2.32. The van der Waals surface area contributed by atoms with Crippen LogP contribution >= 0.6 is 0 Å². The lowest BCUT2D eigenvalue weighted by molar-refractivity contribution is -0.137. The molecule has 0 heterocycles. The van der Waals surface area contributed by atoms with Gasteiger partial charge in [0.2, 0.25) is 0 Å². The van der Waals surface area contributed by atoms with Gasteiger partial charge in [-0.1, -0.05) is 29.4 Å². The Morgan fingerprint density at radius 1 is 1.35 bits per heavy atom. The number of carbonyl (C=O) groups excluding carboxylic acids is 1. The van der Waals surface area contributed by atoms with Crippen LogP contribution in [0.5, 0.6) is 0 Å². The van der Waals surface area contributed by atoms with E-state index in [1.807, 2.05) is 13.8 Å². The SMILES string of the molecule is C/C=C/C1/C(=C/C)CCC/C1=C\C(=O)OCC. The molecule has 0 aromatic rings. The van der Waals surface area contributed by atoms with Gasteiger partial charge in [0.15, 0.2) is 0 Å². The molecule has 0 aliphatic heterocycles. The summed E-state index contributed by atoms with van der Waals surface area (Å²) in [6, 6.07) is 0. The third-order valence-corrected chi connectivity index (χ3v) is 3.08. The molecule has 1 saturated carbocycles. The van der Waals surface area contributed by atoms with Gasteiger partial charge in [-0.05, 0) is 40.0 Å². The smallest absolute Gasteiger partial charge is 0.330 e. The fourth-order valence-electron chi connectivity index (χ4n) is 2.31. The number of allylic oxidation sites excluding steroid dienone is 5. The first-order valence-corrected chi connectivity index (χ1v) is 6.38. The second-order valence-electron chi connectivity index (χ2n) is 4.19. The van der Waals surface area contributed by atoms with Crippen LogP contribution in [0, 0.1) is 5.92 Å². The van der Waals surface area contributed by atoms with Crippen LogP contribution in [0.3, 0.4) is 0 Å². The quantitative estimate of drug-likeness (QED) is 0.422. The van der Waals surface area contributed by atoms with E-state index in [-0.39, 0.29) is 5.97 Å². The highest BCUT2D eigenvalue weighted by Gasteiger charge is 2.21. The predicted octanol–water partition coefficient (Wildman–Crippen LogP) is 3.80. The van der Waals surface area contributed by atoms with Gasteiger partial charge < -0.3 is 4.74 Å². The summed E-state index contributed by atoms with van der Waals surface area (Å²) in [5.41, 5.74) is 2.59. The van der Waals surface area contributed by atoms with E-state index in [0.29, 0.717) is 12.5 Å². The first kappa shape index (κ1) is 13.8. The van der Waals surface area contributed by atoms with Gasteiger partial charge in [-0.15, -0.1) is 0 Å². The van der Waals surface area contributed by atoms with Crippen molar-refractivity contribution in [2.45, 2.75) is 40.0 Å². The van der Waals surface area contributed by atoms with E-state index in [2.05, 4.69) is 25.2 Å². The summed E-state index contributed by atoms with van der Waals surface area (Å²) in [6.07, 6.45) is 11.3. The maximum absolute atomic E-state index is 11.5. The topological polar surface area (TPSA) is 26.3 Å². The summed E-state index contributed by atoms with van der Waals surface area (Å²) >= 11 is 0. The van der Waals surface area contributed by atoms with Crippen LogP contribution in [0.15, 0.2) is 35.5 Å². The molecule has 0 saturated heterocycles. The van der Waals surface area contributed by atoms with Crippen LogP contribution in [0.4, 0.5) is 0 Å². The highest BCUT2D eigenvalue weighted by molar-refractivity contribution is 5.83. The molecular formula is C15H22O2. The van der Waals surface area contributed by atoms with E-state index in [4.69, 9.17) is 4.74 Å². The monoisotopic (exact) mass is 234 g/mol. The lowest BCUT2D eigenvalue weighted by atomic mass is 9.79. The molecule has 17 heavy (non-hydrogen) atoms. The molecule has 0 radical (unpaired) electrons. The van der Waals surface area contributed by atoms with Crippen LogP contribution in [-0.4, -0.2) is 12.6 Å². The van der Waals surface area contributed by atoms with Crippen molar-refractivity contribution in [3.05, 3.63) is 35.5 Å². The van der Waals surface area contributed by atoms with Crippen molar-refractivity contribution in [3.63, 3.8) is 0 Å². The van der Waals surface area contributed by atoms with Crippen molar-refractivity contribution in [1.82, 2.24) is 0 Å². The molecule has 2 heteroatoms. The molecule has 0 spiro atoms. The third-order valence-electron chi connectivity index (χ3n) is 3.08. The van der Waals surface area contributed by atoms with Gasteiger partial charge in [0.05, 0.1) is 6.61 Å². The second-order valence-corrected chi connectivity index (χ2v) is 4.19. The van der Waals surface area contributed by atoms with Gasteiger partial charge >= 0.3 is 5.97 Å². The first-order valence-electron chi connectivity index (χ1n) is 6.38. The lowest BCUT2D eigenvalue weighted by Crippen LogP contribution is -2.13. The lowest BCUT2D eigenvalue weighted by Gasteiger charge is -2.26. The van der Waals surface area contributed by atoms with Gasteiger partial charge in [0.1, 0.15) is 0 Å². The fraction of sp³-hybridized carbons (Fsp3) is 0.533. The number of carbonyl (C=O) groups is 1. The molecule has 1 unspecified atom stereocenters. The summed E-state index contributed by atoms with van der Waals surface area (Å²) in [5, 5.41) is 0. The highest BCUT2D eigenvalue weighted by Crippen LogP contribution is 2.34. The number of esters is 1. The van der Waals surface area contributed by atoms with Gasteiger partial charge in [0, 0.05) is 12.0 Å². The van der Waals surface area contributed by atoms with Crippen molar-refractivity contribution >= 4 is 5.97 Å². The fourth-order valence-corrected chi connectivity index (χ4v) is 2.31. The van der Waals surface area contributed by atoms with Crippen LogP contribution < -0.4 is 0 Å². The van der Waals surface area contributed by atoms with E-state index in [0.717, 1.165) is 19.3 Å². The maximum Gasteiger partial charge on any atom is 0.330 e. The molecule has 0 N–H and O–H groups in total. The summed E-state index contributed by atoms with van der Waals surface area (Å²) in [5.74, 6) is 0.0810. The maximum atomic E-state index is 11.5. The Labute approximate surface area is 104 Å². The summed E-state index contributed by atoms with van der Waals surface area (Å²) < 4.78 is 4.98. The molecule has 2 nitrogen and oxygen atoms in total. The average molecular weight is 234 g/mol. The van der Waals surface area contributed by atoms with E-state index in [1.54, 1.807) is 6.08 Å². The molecule has 1 aliphatic rings. The van der Waals surface area contributed by atoms with E-state index < -0.39 is 0 Å². The molecule has 1 fully saturated rings. The zero-order valence-electron chi connectivity index (χ0n) is 11.0. The molecule has 1 rings (SSSR count). The predicted molar refractivity (Wildman–Crippen MR) is 70.6 cm³/mol. The Hall–Kier alpha value is -1.31. The molecular weight excluding hydrogens is 212 g/mol. The standard InChI is InChI=1S/C15H22O2/c1-4-8-14-12(5-2)9-7-10-13(14)11-15(16)17-6-3/h4-5,8,11,14H,6-7,9-10H2,1-3H3/b8-4+,12-5+,13-11+. The Balaban J connectivity index is 2.91. The van der Waals surface area contributed by atoms with Crippen LogP contribution in [0.2, 0.25) is 0 Å². The number of ether oxygens (including phenoxy) is 1. The Kier molecular flexibility index (Phi) is 5.75. The van der Waals surface area contributed by atoms with Crippen molar-refractivity contribution in [2.75, 3.05) is 6.61 Å². The highest BCUT2D eigenvalue weighted by atomic mass is 16.5. The van der Waals surface area contributed by atoms with Gasteiger partial charge in [-0.3, -0.25) is 0 Å².